The van der Waals surface area contributed by atoms with Crippen LogP contribution in [0.5, 0.6) is 0 Å². The second-order valence-corrected chi connectivity index (χ2v) is 46.3. The molecule has 1 heterocycles. The second-order valence-electron chi connectivity index (χ2n) is 23.9. The first-order valence-electron chi connectivity index (χ1n) is 24.6. The average molecular weight is 1010 g/mol. The van der Waals surface area contributed by atoms with E-state index in [1.165, 1.54) is 103 Å². The molecule has 0 spiro atoms. The molecule has 4 heteroatoms. The number of aryl methyl sites for hydroxylation is 2. The zero-order valence-corrected chi connectivity index (χ0v) is 47.5. The molecule has 2 unspecified atom stereocenters. The van der Waals surface area contributed by atoms with Crippen LogP contribution in [0.4, 0.5) is 0 Å². The van der Waals surface area contributed by atoms with Crippen LogP contribution >= 0.6 is 17.0 Å². The molecule has 6 aromatic carbocycles. The predicted molar refractivity (Wildman–Crippen MR) is 291 cm³/mol. The molecule has 66 heavy (non-hydrogen) atoms. The van der Waals surface area contributed by atoms with Gasteiger partial charge in [0, 0.05) is 0 Å². The van der Waals surface area contributed by atoms with Crippen LogP contribution in [-0.2, 0) is 40.1 Å². The number of rotatable bonds is 7. The van der Waals surface area contributed by atoms with Crippen LogP contribution in [0.2, 0.25) is 0 Å². The molecule has 2 atom stereocenters. The van der Waals surface area contributed by atoms with Crippen molar-refractivity contribution < 1.29 is 16.4 Å². The minimum absolute atomic E-state index is 0.0981. The third-order valence-corrected chi connectivity index (χ3v) is 38.0. The summed E-state index contributed by atoms with van der Waals surface area (Å²) in [6.07, 6.45) is 7.09. The summed E-state index contributed by atoms with van der Waals surface area (Å²) in [5, 5.41) is 2.95. The Morgan fingerprint density at radius 3 is 1.29 bits per heavy atom. The Hall–Kier alpha value is -3.52. The van der Waals surface area contributed by atoms with Crippen LogP contribution in [0.15, 0.2) is 126 Å². The summed E-state index contributed by atoms with van der Waals surface area (Å²) < 4.78 is 0.906. The van der Waals surface area contributed by atoms with Crippen molar-refractivity contribution in [2.45, 2.75) is 128 Å². The summed E-state index contributed by atoms with van der Waals surface area (Å²) >= 11 is -5.92. The van der Waals surface area contributed by atoms with Gasteiger partial charge in [-0.2, -0.15) is 0 Å². The molecule has 0 saturated carbocycles. The first-order chi connectivity index (χ1) is 30.9. The molecule has 1 aliphatic heterocycles. The molecule has 0 nitrogen and oxygen atoms in total. The quantitative estimate of drug-likeness (QED) is 0.140. The van der Waals surface area contributed by atoms with E-state index < -0.39 is 25.9 Å². The maximum absolute atomic E-state index is 9.71. The Labute approximate surface area is 408 Å². The van der Waals surface area contributed by atoms with E-state index in [0.717, 1.165) is 12.8 Å². The number of hydrogen-bond acceptors (Lipinski definition) is 0. The van der Waals surface area contributed by atoms with Gasteiger partial charge in [-0.25, -0.2) is 0 Å². The van der Waals surface area contributed by atoms with Crippen LogP contribution in [0.25, 0.3) is 45.5 Å². The van der Waals surface area contributed by atoms with Crippen LogP contribution in [-0.4, -0.2) is 9.52 Å². The standard InChI is InChI=1S/2C25H31.C12H9Si.2ClH.Zr/c2*1-8-17-11-9-10-12-20(17)23-21-16-19(24(2,3)4)15-18(21)13-14-22(23)25(5,6)7;1-3-7-11-9(5-1)10-6-2-4-8-12(10)13-11;;;/h2*9-16H,8H2,1-7H3;1-7H,13H2;2*1H;/q;;;;;+2/p-2. The molecule has 3 aliphatic rings. The van der Waals surface area contributed by atoms with E-state index >= 15 is 0 Å². The fourth-order valence-electron chi connectivity index (χ4n) is 12.4. The number of allylic oxidation sites excluding steroid dienone is 2. The monoisotopic (exact) mass is 1000 g/mol. The fourth-order valence-corrected chi connectivity index (χ4v) is 40.7. The Morgan fingerprint density at radius 1 is 0.455 bits per heavy atom. The van der Waals surface area contributed by atoms with E-state index in [4.69, 9.17) is 0 Å². The van der Waals surface area contributed by atoms with Crippen LogP contribution in [0, 0.1) is 10.8 Å². The number of halogens is 2. The van der Waals surface area contributed by atoms with Gasteiger partial charge < -0.3 is 0 Å². The Kier molecular flexibility index (Phi) is 11.7. The Balaban J connectivity index is 1.47. The van der Waals surface area contributed by atoms with Crippen LogP contribution < -0.4 is 13.6 Å². The summed E-state index contributed by atoms with van der Waals surface area (Å²) in [5.74, 6) is 0. The topological polar surface area (TPSA) is 0 Å². The molecule has 2 aliphatic carbocycles. The van der Waals surface area contributed by atoms with Crippen molar-refractivity contribution in [3.63, 3.8) is 0 Å². The number of hydrogen-bond donors (Lipinski definition) is 0. The molecule has 0 fully saturated rings. The van der Waals surface area contributed by atoms with Crippen molar-refractivity contribution in [1.82, 2.24) is 0 Å². The van der Waals surface area contributed by atoms with E-state index in [9.17, 15) is 17.0 Å². The normalized spacial score (nSPS) is 18.0. The summed E-state index contributed by atoms with van der Waals surface area (Å²) in [6.45, 7) is 33.2. The van der Waals surface area contributed by atoms with Crippen LogP contribution in [0.1, 0.15) is 149 Å². The zero-order chi connectivity index (χ0) is 47.5. The Bertz CT molecular complexity index is 2850. The first-order valence-corrected chi connectivity index (χ1v) is 36.5. The summed E-state index contributed by atoms with van der Waals surface area (Å²) in [6, 6.07) is 44.3. The molecule has 0 bridgehead atoms. The number of fused-ring (bicyclic) bond motifs is 5. The number of benzene rings is 6. The average Bonchev–Trinajstić information content (AvgIpc) is 3.98. The van der Waals surface area contributed by atoms with Gasteiger partial charge in [0.15, 0.2) is 0 Å². The summed E-state index contributed by atoms with van der Waals surface area (Å²) in [4.78, 5) is 0. The zero-order valence-electron chi connectivity index (χ0n) is 42.2. The SMILES string of the molecule is CCc1ccccc1-c1c(C(C)(C)C)ccc2c1C=C(C(C)(C)C)[CH]2[Zr]([Cl])([Cl])([c]1cccc2c1[SiH2]c1ccccc1-2)[CH]1C(C(C)(C)C)=Cc2c1ccc(C(C)(C)C)c2-c1ccccc1CC. The molecule has 0 radical (unpaired) electrons. The molecule has 9 rings (SSSR count). The van der Waals surface area contributed by atoms with Crippen molar-refractivity contribution >= 4 is 52.3 Å². The first kappa shape index (κ1) is 47.5. The van der Waals surface area contributed by atoms with Crippen molar-refractivity contribution in [3.05, 3.63) is 171 Å². The van der Waals surface area contributed by atoms with Gasteiger partial charge >= 0.3 is 412 Å². The van der Waals surface area contributed by atoms with Gasteiger partial charge in [0.1, 0.15) is 0 Å². The molecule has 6 aromatic rings. The predicted octanol–water partition coefficient (Wildman–Crippen LogP) is 15.8. The van der Waals surface area contributed by atoms with Gasteiger partial charge in [0.05, 0.1) is 0 Å². The van der Waals surface area contributed by atoms with Crippen molar-refractivity contribution in [3.8, 4) is 33.4 Å². The van der Waals surface area contributed by atoms with Crippen molar-refractivity contribution in [2.24, 2.45) is 10.8 Å². The second kappa shape index (κ2) is 16.3. The molecule has 0 saturated heterocycles. The van der Waals surface area contributed by atoms with Gasteiger partial charge in [-0.3, -0.25) is 0 Å². The van der Waals surface area contributed by atoms with Crippen molar-refractivity contribution in [1.29, 1.82) is 0 Å². The van der Waals surface area contributed by atoms with Gasteiger partial charge in [-0.1, -0.05) is 0 Å². The summed E-state index contributed by atoms with van der Waals surface area (Å²) in [7, 11) is 18.5. The van der Waals surface area contributed by atoms with Gasteiger partial charge in [0.2, 0.25) is 0 Å². The van der Waals surface area contributed by atoms with E-state index in [2.05, 4.69) is 224 Å². The molecule has 0 aromatic heterocycles. The molecule has 0 N–H and O–H groups in total. The molecule has 341 valence electrons. The van der Waals surface area contributed by atoms with E-state index in [0.29, 0.717) is 0 Å². The maximum atomic E-state index is 9.71. The molecular weight excluding hydrogens is 935 g/mol. The van der Waals surface area contributed by atoms with Gasteiger partial charge in [-0.15, -0.1) is 0 Å². The minimum atomic E-state index is -5.92. The van der Waals surface area contributed by atoms with E-state index in [1.54, 1.807) is 0 Å². The van der Waals surface area contributed by atoms with Crippen LogP contribution in [0.3, 0.4) is 0 Å². The van der Waals surface area contributed by atoms with Gasteiger partial charge in [-0.05, 0) is 0 Å². The molecular formula is C62H71Cl2SiZr. The van der Waals surface area contributed by atoms with E-state index in [-0.39, 0.29) is 28.9 Å². The molecule has 0 amide bonds. The third-order valence-electron chi connectivity index (χ3n) is 15.5. The third kappa shape index (κ3) is 7.45. The fraction of sp³-hybridized carbons (Fsp3) is 0.355. The Morgan fingerprint density at radius 2 is 0.864 bits per heavy atom. The van der Waals surface area contributed by atoms with Gasteiger partial charge in [0.25, 0.3) is 0 Å². The van der Waals surface area contributed by atoms with Crippen molar-refractivity contribution in [2.75, 3.05) is 0 Å². The summed E-state index contributed by atoms with van der Waals surface area (Å²) in [5.41, 5.74) is 20.8. The van der Waals surface area contributed by atoms with E-state index in [1.807, 2.05) is 0 Å².